The number of phenols is 1. The molecule has 1 aliphatic heterocycles. The number of nitrogens with one attached hydrogen (secondary N) is 2. The smallest absolute Gasteiger partial charge is 0.256 e. The maximum absolute atomic E-state index is 12.7. The fourth-order valence-electron chi connectivity index (χ4n) is 3.55. The molecule has 3 N–H and O–H groups in total. The molecule has 2 amide bonds. The number of hydrogen-bond donors (Lipinski definition) is 3. The number of hydrogen-bond acceptors (Lipinski definition) is 3. The van der Waals surface area contributed by atoms with Gasteiger partial charge in [-0.1, -0.05) is 30.3 Å². The Kier molecular flexibility index (Phi) is 6.77. The number of anilines is 1. The van der Waals surface area contributed by atoms with Gasteiger partial charge in [-0.25, -0.2) is 0 Å². The minimum absolute atomic E-state index is 0.0923. The Bertz CT molecular complexity index is 1200. The van der Waals surface area contributed by atoms with E-state index in [0.29, 0.717) is 37.9 Å². The zero-order chi connectivity index (χ0) is 22.7. The van der Waals surface area contributed by atoms with Gasteiger partial charge in [0.05, 0.1) is 8.95 Å². The minimum atomic E-state index is -0.235. The van der Waals surface area contributed by atoms with E-state index < -0.39 is 0 Å². The third-order valence-corrected chi connectivity index (χ3v) is 6.39. The molecule has 32 heavy (non-hydrogen) atoms. The van der Waals surface area contributed by atoms with Crippen molar-refractivity contribution in [3.05, 3.63) is 91.9 Å². The van der Waals surface area contributed by atoms with Crippen LogP contribution in [0.2, 0.25) is 0 Å². The van der Waals surface area contributed by atoms with Gasteiger partial charge in [0.1, 0.15) is 5.75 Å². The highest BCUT2D eigenvalue weighted by Gasteiger charge is 2.25. The minimum Gasteiger partial charge on any atom is -0.506 e. The van der Waals surface area contributed by atoms with Gasteiger partial charge in [0.15, 0.2) is 0 Å². The summed E-state index contributed by atoms with van der Waals surface area (Å²) >= 11 is 6.61. The largest absolute Gasteiger partial charge is 0.506 e. The molecule has 0 bridgehead atoms. The van der Waals surface area contributed by atoms with E-state index in [2.05, 4.69) is 54.6 Å². The third kappa shape index (κ3) is 4.95. The highest BCUT2D eigenvalue weighted by Crippen LogP contribution is 2.37. The second-order valence-corrected chi connectivity index (χ2v) is 9.16. The topological polar surface area (TPSA) is 78.4 Å². The van der Waals surface area contributed by atoms with Crippen LogP contribution >= 0.6 is 31.9 Å². The number of amides is 2. The van der Waals surface area contributed by atoms with Crippen molar-refractivity contribution in [3.8, 4) is 5.75 Å². The molecule has 3 aromatic rings. The van der Waals surface area contributed by atoms with Crippen molar-refractivity contribution in [3.63, 3.8) is 0 Å². The first kappa shape index (κ1) is 22.3. The normalized spacial score (nSPS) is 13.7. The van der Waals surface area contributed by atoms with E-state index in [1.54, 1.807) is 36.4 Å². The molecule has 0 saturated heterocycles. The number of aryl methyl sites for hydroxylation is 1. The lowest BCUT2D eigenvalue weighted by Gasteiger charge is -2.07. The molecule has 0 unspecified atom stereocenters. The summed E-state index contributed by atoms with van der Waals surface area (Å²) in [5.41, 5.74) is 4.27. The summed E-state index contributed by atoms with van der Waals surface area (Å²) in [7, 11) is 0. The quantitative estimate of drug-likeness (QED) is 0.267. The van der Waals surface area contributed by atoms with Crippen LogP contribution in [0.3, 0.4) is 0 Å². The van der Waals surface area contributed by atoms with E-state index in [4.69, 9.17) is 0 Å². The molecule has 4 rings (SSSR count). The number of phenolic OH excluding ortho intramolecular Hbond substituents is 1. The summed E-state index contributed by atoms with van der Waals surface area (Å²) in [6, 6.07) is 18.8. The molecule has 7 heteroatoms. The molecule has 1 heterocycles. The molecule has 0 saturated carbocycles. The van der Waals surface area contributed by atoms with Gasteiger partial charge in [0.25, 0.3) is 11.8 Å². The molecule has 5 nitrogen and oxygen atoms in total. The predicted octanol–water partition coefficient (Wildman–Crippen LogP) is 5.77. The van der Waals surface area contributed by atoms with E-state index in [0.717, 1.165) is 18.4 Å². The van der Waals surface area contributed by atoms with E-state index in [1.807, 2.05) is 18.2 Å². The van der Waals surface area contributed by atoms with Crippen LogP contribution in [0.15, 0.2) is 69.6 Å². The highest BCUT2D eigenvalue weighted by atomic mass is 79.9. The van der Waals surface area contributed by atoms with E-state index >= 15 is 0 Å². The van der Waals surface area contributed by atoms with Gasteiger partial charge < -0.3 is 15.7 Å². The zero-order valence-corrected chi connectivity index (χ0v) is 20.2. The Morgan fingerprint density at radius 3 is 2.47 bits per heavy atom. The van der Waals surface area contributed by atoms with E-state index in [1.165, 1.54) is 5.56 Å². The summed E-state index contributed by atoms with van der Waals surface area (Å²) in [5, 5.41) is 15.7. The first-order chi connectivity index (χ1) is 15.4. The fraction of sp³-hybridized carbons (Fsp3) is 0.120. The molecule has 162 valence electrons. The summed E-state index contributed by atoms with van der Waals surface area (Å²) in [6.45, 7) is 0.570. The number of carbonyl (C=O) groups is 2. The lowest BCUT2D eigenvalue weighted by Crippen LogP contribution is -2.24. The zero-order valence-electron chi connectivity index (χ0n) is 17.0. The van der Waals surface area contributed by atoms with E-state index in [-0.39, 0.29) is 17.6 Å². The molecule has 0 radical (unpaired) electrons. The average molecular weight is 556 g/mol. The molecule has 1 aliphatic rings. The standard InChI is InChI=1S/C25H20Br2N2O3/c26-20-12-16(13-21(27)23(20)30)11-19-18-14-17(8-9-22(18)29-25(19)32)24(31)28-10-4-7-15-5-2-1-3-6-15/h1-3,5-6,8-9,11-14,30H,4,7,10H2,(H,28,31)(H,29,32)/b19-11-. The van der Waals surface area contributed by atoms with Crippen LogP contribution in [-0.2, 0) is 11.2 Å². The van der Waals surface area contributed by atoms with Crippen molar-refractivity contribution < 1.29 is 14.7 Å². The van der Waals surface area contributed by atoms with Crippen molar-refractivity contribution in [1.82, 2.24) is 5.32 Å². The molecule has 3 aromatic carbocycles. The van der Waals surface area contributed by atoms with Crippen LogP contribution in [0.5, 0.6) is 5.75 Å². The summed E-state index contributed by atoms with van der Waals surface area (Å²) in [5.74, 6) is -0.315. The molecule has 0 spiro atoms. The first-order valence-corrected chi connectivity index (χ1v) is 11.7. The predicted molar refractivity (Wildman–Crippen MR) is 134 cm³/mol. The van der Waals surface area contributed by atoms with Crippen molar-refractivity contribution in [2.75, 3.05) is 11.9 Å². The first-order valence-electron chi connectivity index (χ1n) is 10.1. The molecule has 0 atom stereocenters. The number of halogens is 2. The van der Waals surface area contributed by atoms with Crippen LogP contribution < -0.4 is 10.6 Å². The molecule has 0 aromatic heterocycles. The Labute approximate surface area is 202 Å². The van der Waals surface area contributed by atoms with Crippen LogP contribution in [0.25, 0.3) is 11.6 Å². The SMILES string of the molecule is O=C1Nc2ccc(C(=O)NCCCc3ccccc3)cc2/C1=C/c1cc(Br)c(O)c(Br)c1. The third-order valence-electron chi connectivity index (χ3n) is 5.19. The molecular weight excluding hydrogens is 536 g/mol. The Morgan fingerprint density at radius 2 is 1.75 bits per heavy atom. The van der Waals surface area contributed by atoms with Crippen molar-refractivity contribution in [2.45, 2.75) is 12.8 Å². The fourth-order valence-corrected chi connectivity index (χ4v) is 4.77. The van der Waals surface area contributed by atoms with Gasteiger partial charge in [0, 0.05) is 28.9 Å². The Morgan fingerprint density at radius 1 is 1.03 bits per heavy atom. The number of carbonyl (C=O) groups excluding carboxylic acids is 2. The maximum Gasteiger partial charge on any atom is 0.256 e. The number of rotatable bonds is 6. The van der Waals surface area contributed by atoms with Crippen molar-refractivity contribution in [1.29, 1.82) is 0 Å². The second kappa shape index (κ2) is 9.71. The van der Waals surface area contributed by atoms with Crippen LogP contribution in [-0.4, -0.2) is 23.5 Å². The number of benzene rings is 3. The van der Waals surface area contributed by atoms with Crippen LogP contribution in [0, 0.1) is 0 Å². The lowest BCUT2D eigenvalue weighted by molar-refractivity contribution is -0.110. The van der Waals surface area contributed by atoms with Crippen LogP contribution in [0.1, 0.15) is 33.5 Å². The monoisotopic (exact) mass is 554 g/mol. The lowest BCUT2D eigenvalue weighted by atomic mass is 10.0. The van der Waals surface area contributed by atoms with Crippen LogP contribution in [0.4, 0.5) is 5.69 Å². The Balaban J connectivity index is 1.49. The van der Waals surface area contributed by atoms with E-state index in [9.17, 15) is 14.7 Å². The Hall–Kier alpha value is -2.90. The van der Waals surface area contributed by atoms with Crippen molar-refractivity contribution >= 4 is 61.0 Å². The van der Waals surface area contributed by atoms with Gasteiger partial charge in [-0.15, -0.1) is 0 Å². The van der Waals surface area contributed by atoms with Gasteiger partial charge in [-0.05, 0) is 92.2 Å². The summed E-state index contributed by atoms with van der Waals surface area (Å²) in [6.07, 6.45) is 3.47. The van der Waals surface area contributed by atoms with Gasteiger partial charge in [-0.2, -0.15) is 0 Å². The second-order valence-electron chi connectivity index (χ2n) is 7.45. The molecule has 0 fully saturated rings. The van der Waals surface area contributed by atoms with Gasteiger partial charge in [-0.3, -0.25) is 9.59 Å². The molecule has 0 aliphatic carbocycles. The number of aromatic hydroxyl groups is 1. The van der Waals surface area contributed by atoms with Gasteiger partial charge >= 0.3 is 0 Å². The van der Waals surface area contributed by atoms with Gasteiger partial charge in [0.2, 0.25) is 0 Å². The average Bonchev–Trinajstić information content (AvgIpc) is 3.10. The molecular formula is C25H20Br2N2O3. The summed E-state index contributed by atoms with van der Waals surface area (Å²) < 4.78 is 1.03. The number of fused-ring (bicyclic) bond motifs is 1. The van der Waals surface area contributed by atoms with Crippen molar-refractivity contribution in [2.24, 2.45) is 0 Å². The maximum atomic E-state index is 12.7. The summed E-state index contributed by atoms with van der Waals surface area (Å²) in [4.78, 5) is 25.2. The highest BCUT2D eigenvalue weighted by molar-refractivity contribution is 9.11.